The predicted octanol–water partition coefficient (Wildman–Crippen LogP) is 5.09. The lowest BCUT2D eigenvalue weighted by atomic mass is 10.1. The Hall–Kier alpha value is -2.04. The molecule has 0 nitrogen and oxygen atoms in total. The van der Waals surface area contributed by atoms with Gasteiger partial charge in [0.15, 0.2) is 0 Å². The van der Waals surface area contributed by atoms with Crippen molar-refractivity contribution in [3.8, 4) is 11.5 Å². The summed E-state index contributed by atoms with van der Waals surface area (Å²) < 4.78 is 0. The number of benzene rings is 2. The molecular formula is C19H20Si. The van der Waals surface area contributed by atoms with Gasteiger partial charge in [0.25, 0.3) is 0 Å². The molecule has 0 bridgehead atoms. The van der Waals surface area contributed by atoms with Crippen LogP contribution in [0.5, 0.6) is 0 Å². The highest BCUT2D eigenvalue weighted by Crippen LogP contribution is 2.09. The van der Waals surface area contributed by atoms with Gasteiger partial charge in [0.1, 0.15) is 8.07 Å². The van der Waals surface area contributed by atoms with Crippen LogP contribution < -0.4 is 0 Å². The van der Waals surface area contributed by atoms with Gasteiger partial charge in [0, 0.05) is 5.56 Å². The molecule has 0 unspecified atom stereocenters. The van der Waals surface area contributed by atoms with E-state index in [-0.39, 0.29) is 0 Å². The molecule has 2 aromatic rings. The van der Waals surface area contributed by atoms with E-state index < -0.39 is 8.07 Å². The fourth-order valence-electron chi connectivity index (χ4n) is 1.69. The molecule has 0 fully saturated rings. The van der Waals surface area contributed by atoms with Crippen molar-refractivity contribution in [2.45, 2.75) is 19.6 Å². The minimum absolute atomic E-state index is 1.10. The van der Waals surface area contributed by atoms with E-state index in [9.17, 15) is 0 Å². The molecule has 2 rings (SSSR count). The van der Waals surface area contributed by atoms with Gasteiger partial charge in [0.2, 0.25) is 0 Å². The van der Waals surface area contributed by atoms with Crippen LogP contribution in [0.4, 0.5) is 0 Å². The second-order valence-electron chi connectivity index (χ2n) is 5.87. The molecule has 0 atom stereocenters. The van der Waals surface area contributed by atoms with E-state index in [0.29, 0.717) is 0 Å². The predicted molar refractivity (Wildman–Crippen MR) is 92.0 cm³/mol. The second-order valence-corrected chi connectivity index (χ2v) is 10.6. The minimum atomic E-state index is -1.29. The highest BCUT2D eigenvalue weighted by atomic mass is 28.3. The fourth-order valence-corrected chi connectivity index (χ4v) is 2.21. The summed E-state index contributed by atoms with van der Waals surface area (Å²) in [5, 5.41) is 0. The van der Waals surface area contributed by atoms with Gasteiger partial charge in [0.05, 0.1) is 0 Å². The van der Waals surface area contributed by atoms with Crippen LogP contribution in [0.25, 0.3) is 12.2 Å². The molecule has 0 N–H and O–H groups in total. The summed E-state index contributed by atoms with van der Waals surface area (Å²) in [4.78, 5) is 0. The van der Waals surface area contributed by atoms with Crippen molar-refractivity contribution >= 4 is 20.2 Å². The molecule has 20 heavy (non-hydrogen) atoms. The Morgan fingerprint density at radius 1 is 0.750 bits per heavy atom. The maximum Gasteiger partial charge on any atom is 0.129 e. The lowest BCUT2D eigenvalue weighted by Gasteiger charge is -2.03. The van der Waals surface area contributed by atoms with Crippen molar-refractivity contribution in [2.24, 2.45) is 0 Å². The van der Waals surface area contributed by atoms with Crippen LogP contribution in [-0.2, 0) is 0 Å². The van der Waals surface area contributed by atoms with Gasteiger partial charge >= 0.3 is 0 Å². The highest BCUT2D eigenvalue weighted by molar-refractivity contribution is 6.83. The third-order valence-corrected chi connectivity index (χ3v) is 3.64. The molecule has 0 spiro atoms. The largest absolute Gasteiger partial charge is 0.129 e. The van der Waals surface area contributed by atoms with E-state index in [0.717, 1.165) is 5.56 Å². The van der Waals surface area contributed by atoms with E-state index in [1.165, 1.54) is 11.1 Å². The molecule has 2 aromatic carbocycles. The average molecular weight is 276 g/mol. The summed E-state index contributed by atoms with van der Waals surface area (Å²) in [7, 11) is -1.29. The van der Waals surface area contributed by atoms with Crippen molar-refractivity contribution in [3.63, 3.8) is 0 Å². The Morgan fingerprint density at radius 3 is 1.85 bits per heavy atom. The molecule has 0 aliphatic carbocycles. The number of hydrogen-bond donors (Lipinski definition) is 0. The lowest BCUT2D eigenvalue weighted by Crippen LogP contribution is -2.16. The average Bonchev–Trinajstić information content (AvgIpc) is 2.44. The SMILES string of the molecule is C[Si](C)(C)C#Cc1ccc(/C=C/c2ccccc2)cc1. The zero-order valence-corrected chi connectivity index (χ0v) is 13.4. The Labute approximate surface area is 123 Å². The molecular weight excluding hydrogens is 256 g/mol. The molecule has 0 radical (unpaired) electrons. The Morgan fingerprint density at radius 2 is 1.30 bits per heavy atom. The topological polar surface area (TPSA) is 0 Å². The molecule has 0 saturated carbocycles. The van der Waals surface area contributed by atoms with E-state index in [1.54, 1.807) is 0 Å². The smallest absolute Gasteiger partial charge is 0.127 e. The van der Waals surface area contributed by atoms with Crippen LogP contribution in [0.1, 0.15) is 16.7 Å². The van der Waals surface area contributed by atoms with Gasteiger partial charge < -0.3 is 0 Å². The van der Waals surface area contributed by atoms with Gasteiger partial charge in [-0.25, -0.2) is 0 Å². The molecule has 0 aromatic heterocycles. The summed E-state index contributed by atoms with van der Waals surface area (Å²) in [5.74, 6) is 3.27. The van der Waals surface area contributed by atoms with Crippen molar-refractivity contribution in [1.82, 2.24) is 0 Å². The standard InChI is InChI=1S/C19H20Si/c1-20(2,3)16-15-19-13-11-18(12-14-19)10-9-17-7-5-4-6-8-17/h4-14H,1-3H3/b10-9+. The number of hydrogen-bond acceptors (Lipinski definition) is 0. The normalized spacial score (nSPS) is 11.2. The van der Waals surface area contributed by atoms with Gasteiger partial charge in [-0.15, -0.1) is 5.54 Å². The van der Waals surface area contributed by atoms with Crippen LogP contribution in [0.3, 0.4) is 0 Å². The Balaban J connectivity index is 2.09. The molecule has 0 aliphatic rings. The zero-order valence-electron chi connectivity index (χ0n) is 12.4. The van der Waals surface area contributed by atoms with E-state index in [1.807, 2.05) is 6.07 Å². The lowest BCUT2D eigenvalue weighted by molar-refractivity contribution is 1.61. The Kier molecular flexibility index (Phi) is 4.60. The summed E-state index contributed by atoms with van der Waals surface area (Å²) in [6, 6.07) is 18.8. The molecule has 0 aliphatic heterocycles. The highest BCUT2D eigenvalue weighted by Gasteiger charge is 2.07. The van der Waals surface area contributed by atoms with Crippen molar-refractivity contribution in [3.05, 3.63) is 71.3 Å². The van der Waals surface area contributed by atoms with Crippen molar-refractivity contribution < 1.29 is 0 Å². The van der Waals surface area contributed by atoms with Crippen LogP contribution in [0, 0.1) is 11.5 Å². The first-order chi connectivity index (χ1) is 9.53. The molecule has 0 saturated heterocycles. The minimum Gasteiger partial charge on any atom is -0.127 e. The zero-order chi connectivity index (χ0) is 14.4. The van der Waals surface area contributed by atoms with E-state index in [4.69, 9.17) is 0 Å². The molecule has 0 heterocycles. The molecule has 1 heteroatoms. The van der Waals surface area contributed by atoms with E-state index in [2.05, 4.69) is 91.8 Å². The maximum atomic E-state index is 3.39. The quantitative estimate of drug-likeness (QED) is 0.407. The molecule has 0 amide bonds. The van der Waals surface area contributed by atoms with Crippen molar-refractivity contribution in [2.75, 3.05) is 0 Å². The second kappa shape index (κ2) is 6.41. The third-order valence-electron chi connectivity index (χ3n) is 2.76. The van der Waals surface area contributed by atoms with Crippen LogP contribution in [0.2, 0.25) is 19.6 Å². The van der Waals surface area contributed by atoms with Crippen LogP contribution >= 0.6 is 0 Å². The Bertz CT molecular complexity index is 632. The number of rotatable bonds is 2. The summed E-state index contributed by atoms with van der Waals surface area (Å²) in [5.41, 5.74) is 6.91. The van der Waals surface area contributed by atoms with Crippen LogP contribution in [0.15, 0.2) is 54.6 Å². The van der Waals surface area contributed by atoms with E-state index >= 15 is 0 Å². The summed E-state index contributed by atoms with van der Waals surface area (Å²) >= 11 is 0. The van der Waals surface area contributed by atoms with Crippen molar-refractivity contribution in [1.29, 1.82) is 0 Å². The first-order valence-electron chi connectivity index (χ1n) is 6.89. The molecule has 100 valence electrons. The van der Waals surface area contributed by atoms with Gasteiger partial charge in [-0.1, -0.05) is 80.2 Å². The summed E-state index contributed by atoms with van der Waals surface area (Å²) in [6.45, 7) is 6.78. The maximum absolute atomic E-state index is 3.39. The van der Waals surface area contributed by atoms with Gasteiger partial charge in [-0.3, -0.25) is 0 Å². The van der Waals surface area contributed by atoms with Crippen LogP contribution in [-0.4, -0.2) is 8.07 Å². The summed E-state index contributed by atoms with van der Waals surface area (Å²) in [6.07, 6.45) is 4.26. The van der Waals surface area contributed by atoms with Gasteiger partial charge in [-0.2, -0.15) is 0 Å². The first-order valence-corrected chi connectivity index (χ1v) is 10.4. The fraction of sp³-hybridized carbons (Fsp3) is 0.158. The van der Waals surface area contributed by atoms with Gasteiger partial charge in [-0.05, 0) is 23.3 Å². The third kappa shape index (κ3) is 4.91. The first kappa shape index (κ1) is 14.4. The monoisotopic (exact) mass is 276 g/mol.